The zero-order valence-electron chi connectivity index (χ0n) is 9.29. The molecule has 4 nitrogen and oxygen atoms in total. The van der Waals surface area contributed by atoms with E-state index in [-0.39, 0.29) is 0 Å². The maximum atomic E-state index is 5.25. The summed E-state index contributed by atoms with van der Waals surface area (Å²) in [6.45, 7) is 6.34. The molecule has 0 aromatic heterocycles. The summed E-state index contributed by atoms with van der Waals surface area (Å²) in [4.78, 5) is 2.89. The molecule has 0 aliphatic carbocycles. The third kappa shape index (κ3) is 11.0. The molecule has 7 N–H and O–H groups in total. The first-order valence-electron chi connectivity index (χ1n) is 5.24. The van der Waals surface area contributed by atoms with Crippen molar-refractivity contribution in [2.45, 2.75) is 26.7 Å². The predicted molar refractivity (Wildman–Crippen MR) is 59.2 cm³/mol. The minimum Gasteiger partial charge on any atom is -0.320 e. The van der Waals surface area contributed by atoms with Crippen LogP contribution >= 0.6 is 0 Å². The number of hydrogen-bond acceptors (Lipinski definition) is 0. The van der Waals surface area contributed by atoms with E-state index in [2.05, 4.69) is 36.4 Å². The van der Waals surface area contributed by atoms with Gasteiger partial charge in [0.25, 0.3) is 0 Å². The van der Waals surface area contributed by atoms with Crippen LogP contribution in [-0.2, 0) is 0 Å². The van der Waals surface area contributed by atoms with Gasteiger partial charge in [0.2, 0.25) is 0 Å². The lowest BCUT2D eigenvalue weighted by Gasteiger charge is -1.95. The van der Waals surface area contributed by atoms with Crippen molar-refractivity contribution >= 4 is 5.96 Å². The molecular formula is C10H24N4+2. The lowest BCUT2D eigenvalue weighted by molar-refractivity contribution is -0.589. The van der Waals surface area contributed by atoms with Gasteiger partial charge in [-0.05, 0) is 24.8 Å². The van der Waals surface area contributed by atoms with Crippen molar-refractivity contribution in [2.75, 3.05) is 13.1 Å². The molecule has 0 heterocycles. The molecule has 0 aromatic rings. The number of nitrogens with one attached hydrogen (secondary N) is 1. The first-order chi connectivity index (χ1) is 6.63. The lowest BCUT2D eigenvalue weighted by atomic mass is 10.2. The second-order valence-electron chi connectivity index (χ2n) is 3.74. The molecule has 0 aliphatic rings. The molecule has 0 aromatic carbocycles. The van der Waals surface area contributed by atoms with Crippen molar-refractivity contribution in [3.8, 4) is 0 Å². The molecule has 0 atom stereocenters. The van der Waals surface area contributed by atoms with Gasteiger partial charge >= 0.3 is 5.96 Å². The van der Waals surface area contributed by atoms with Gasteiger partial charge < -0.3 is 5.32 Å². The van der Waals surface area contributed by atoms with Crippen molar-refractivity contribution < 1.29 is 10.3 Å². The van der Waals surface area contributed by atoms with Crippen LogP contribution in [0.5, 0.6) is 0 Å². The smallest absolute Gasteiger partial charge is 0.320 e. The van der Waals surface area contributed by atoms with Crippen molar-refractivity contribution in [1.29, 1.82) is 0 Å². The molecule has 0 radical (unpaired) electrons. The maximum Gasteiger partial charge on any atom is 0.338 e. The number of guanidine groups is 1. The van der Waals surface area contributed by atoms with Gasteiger partial charge in [-0.25, -0.2) is 0 Å². The van der Waals surface area contributed by atoms with Crippen LogP contribution in [0.2, 0.25) is 0 Å². The molecule has 0 spiro atoms. The van der Waals surface area contributed by atoms with Gasteiger partial charge in [0.1, 0.15) is 0 Å². The first kappa shape index (κ1) is 13.0. The highest BCUT2D eigenvalue weighted by molar-refractivity contribution is 5.69. The van der Waals surface area contributed by atoms with Gasteiger partial charge in [-0.1, -0.05) is 13.8 Å². The fourth-order valence-corrected chi connectivity index (χ4v) is 1.02. The van der Waals surface area contributed by atoms with Crippen LogP contribution in [0.15, 0.2) is 12.3 Å². The molecule has 0 rings (SSSR count). The largest absolute Gasteiger partial charge is 0.338 e. The average molecular weight is 200 g/mol. The Bertz CT molecular complexity index is 181. The molecule has 0 saturated heterocycles. The van der Waals surface area contributed by atoms with Gasteiger partial charge in [0.05, 0.1) is 19.3 Å². The van der Waals surface area contributed by atoms with E-state index in [1.165, 1.54) is 6.42 Å². The highest BCUT2D eigenvalue weighted by Crippen LogP contribution is 1.89. The van der Waals surface area contributed by atoms with E-state index in [4.69, 9.17) is 11.5 Å². The van der Waals surface area contributed by atoms with Gasteiger partial charge in [0.15, 0.2) is 0 Å². The van der Waals surface area contributed by atoms with E-state index >= 15 is 0 Å². The van der Waals surface area contributed by atoms with E-state index in [1.54, 1.807) is 0 Å². The van der Waals surface area contributed by atoms with E-state index in [1.807, 2.05) is 0 Å². The highest BCUT2D eigenvalue weighted by Gasteiger charge is 1.91. The number of hydrogen-bond donors (Lipinski definition) is 4. The van der Waals surface area contributed by atoms with Crippen molar-refractivity contribution in [3.63, 3.8) is 0 Å². The summed E-state index contributed by atoms with van der Waals surface area (Å²) < 4.78 is 0. The molecular weight excluding hydrogens is 176 g/mol. The number of unbranched alkanes of at least 4 members (excludes halogenated alkanes) is 1. The molecule has 4 heteroatoms. The monoisotopic (exact) mass is 200 g/mol. The summed E-state index contributed by atoms with van der Waals surface area (Å²) >= 11 is 0. The Morgan fingerprint density at radius 2 is 2.07 bits per heavy atom. The Hall–Kier alpha value is -1.03. The summed E-state index contributed by atoms with van der Waals surface area (Å²) in [5.41, 5.74) is 10.5. The van der Waals surface area contributed by atoms with Gasteiger partial charge in [-0.15, -0.1) is 0 Å². The number of allylic oxidation sites excluding steroid dienone is 1. The van der Waals surface area contributed by atoms with Crippen molar-refractivity contribution in [2.24, 2.45) is 17.4 Å². The van der Waals surface area contributed by atoms with E-state index in [9.17, 15) is 0 Å². The van der Waals surface area contributed by atoms with E-state index < -0.39 is 0 Å². The highest BCUT2D eigenvalue weighted by atomic mass is 15.0. The summed E-state index contributed by atoms with van der Waals surface area (Å²) in [5, 5.41) is 2.20. The quantitative estimate of drug-likeness (QED) is 0.215. The topological polar surface area (TPSA) is 82.6 Å². The standard InChI is InChI=1S/C10H22N4/c1-9(2)5-8-13-6-3-4-7-14-10(11)12/h5,8-9,13H,3-4,6-7H2,1-2H3,(H4,11,12,14)/p+2. The Kier molecular flexibility index (Phi) is 7.93. The predicted octanol–water partition coefficient (Wildman–Crippen LogP) is -2.15. The van der Waals surface area contributed by atoms with Crippen LogP contribution in [0.1, 0.15) is 26.7 Å². The first-order valence-corrected chi connectivity index (χ1v) is 5.24. The van der Waals surface area contributed by atoms with Gasteiger partial charge in [-0.2, -0.15) is 0 Å². The summed E-state index contributed by atoms with van der Waals surface area (Å²) in [5.74, 6) is 0.952. The van der Waals surface area contributed by atoms with Crippen LogP contribution in [0, 0.1) is 5.92 Å². The van der Waals surface area contributed by atoms with E-state index in [0.717, 1.165) is 19.5 Å². The summed E-state index contributed by atoms with van der Waals surface area (Å²) in [6.07, 6.45) is 6.61. The third-order valence-corrected chi connectivity index (χ3v) is 1.76. The molecule has 0 aliphatic heterocycles. The molecule has 14 heavy (non-hydrogen) atoms. The number of quaternary nitrogens is 1. The summed E-state index contributed by atoms with van der Waals surface area (Å²) in [6, 6.07) is 0. The second kappa shape index (κ2) is 8.56. The SMILES string of the molecule is CC(C)C=C[NH2+]CCCC[NH+]=C(N)N. The average Bonchev–Trinajstić information content (AvgIpc) is 2.08. The maximum absolute atomic E-state index is 5.25. The zero-order valence-corrected chi connectivity index (χ0v) is 9.29. The molecule has 0 amide bonds. The second-order valence-corrected chi connectivity index (χ2v) is 3.74. The van der Waals surface area contributed by atoms with Crippen molar-refractivity contribution in [1.82, 2.24) is 0 Å². The Morgan fingerprint density at radius 3 is 2.64 bits per heavy atom. The van der Waals surface area contributed by atoms with Crippen LogP contribution in [0.4, 0.5) is 0 Å². The lowest BCUT2D eigenvalue weighted by Crippen LogP contribution is -2.79. The normalized spacial score (nSPS) is 11.1. The van der Waals surface area contributed by atoms with Crippen molar-refractivity contribution in [3.05, 3.63) is 12.3 Å². The van der Waals surface area contributed by atoms with Crippen LogP contribution in [-0.4, -0.2) is 19.0 Å². The van der Waals surface area contributed by atoms with Gasteiger partial charge in [0, 0.05) is 0 Å². The molecule has 0 fully saturated rings. The fraction of sp³-hybridized carbons (Fsp3) is 0.700. The summed E-state index contributed by atoms with van der Waals surface area (Å²) in [7, 11) is 0. The molecule has 0 unspecified atom stereocenters. The number of rotatable bonds is 7. The minimum atomic E-state index is 0.314. The minimum absolute atomic E-state index is 0.314. The van der Waals surface area contributed by atoms with Crippen LogP contribution < -0.4 is 21.8 Å². The van der Waals surface area contributed by atoms with Crippen LogP contribution in [0.3, 0.4) is 0 Å². The Labute approximate surface area is 86.5 Å². The van der Waals surface area contributed by atoms with Crippen LogP contribution in [0.25, 0.3) is 0 Å². The Morgan fingerprint density at radius 1 is 1.36 bits per heavy atom. The molecule has 0 bridgehead atoms. The number of nitrogens with two attached hydrogens (primary N) is 3. The van der Waals surface area contributed by atoms with E-state index in [0.29, 0.717) is 11.9 Å². The Balaban J connectivity index is 3.18. The molecule has 82 valence electrons. The third-order valence-electron chi connectivity index (χ3n) is 1.76. The zero-order chi connectivity index (χ0) is 10.8. The van der Waals surface area contributed by atoms with Gasteiger partial charge in [-0.3, -0.25) is 16.5 Å². The molecule has 0 saturated carbocycles. The fourth-order valence-electron chi connectivity index (χ4n) is 1.02.